The predicted octanol–water partition coefficient (Wildman–Crippen LogP) is 5.84. The lowest BCUT2D eigenvalue weighted by Crippen LogP contribution is -2.30. The first-order chi connectivity index (χ1) is 21.1. The van der Waals surface area contributed by atoms with Gasteiger partial charge in [0.15, 0.2) is 0 Å². The average molecular weight is 613 g/mol. The number of ether oxygens (including phenoxy) is 1. The number of phenolic OH excluding ortho intramolecular Hbond substituents is 1. The molecule has 0 aliphatic rings. The molecule has 0 spiro atoms. The van der Waals surface area contributed by atoms with Gasteiger partial charge in [-0.3, -0.25) is 24.5 Å². The quantitative estimate of drug-likeness (QED) is 0.0712. The summed E-state index contributed by atoms with van der Waals surface area (Å²) in [7, 11) is 1.42. The lowest BCUT2D eigenvalue weighted by Gasteiger charge is -2.14. The van der Waals surface area contributed by atoms with Gasteiger partial charge in [-0.25, -0.2) is 0 Å². The minimum Gasteiger partial charge on any atom is -0.508 e. The Morgan fingerprint density at radius 3 is 2.32 bits per heavy atom. The lowest BCUT2D eigenvalue weighted by molar-refractivity contribution is -0.384. The van der Waals surface area contributed by atoms with Gasteiger partial charge in [-0.2, -0.15) is 0 Å². The number of nitro benzene ring substituents is 1. The van der Waals surface area contributed by atoms with E-state index in [0.29, 0.717) is 33.1 Å². The highest BCUT2D eigenvalue weighted by Gasteiger charge is 2.18. The Bertz CT molecular complexity index is 1710. The van der Waals surface area contributed by atoms with Crippen molar-refractivity contribution in [1.29, 1.82) is 0 Å². The topological polar surface area (TPSA) is 160 Å². The molecule has 0 aliphatic carbocycles. The third kappa shape index (κ3) is 8.46. The molecular formula is C32H28N4O7S. The third-order valence-corrected chi connectivity index (χ3v) is 7.26. The number of amides is 3. The highest BCUT2D eigenvalue weighted by Crippen LogP contribution is 2.28. The molecule has 4 aromatic carbocycles. The summed E-state index contributed by atoms with van der Waals surface area (Å²) in [6.07, 6.45) is 1.44. The summed E-state index contributed by atoms with van der Waals surface area (Å²) in [5.41, 5.74) is 1.49. The number of non-ortho nitro benzene ring substituents is 1. The number of hydrogen-bond acceptors (Lipinski definition) is 8. The van der Waals surface area contributed by atoms with Crippen LogP contribution in [0.15, 0.2) is 108 Å². The molecule has 0 saturated carbocycles. The number of benzene rings is 4. The van der Waals surface area contributed by atoms with Gasteiger partial charge in [-0.1, -0.05) is 24.3 Å². The van der Waals surface area contributed by atoms with Gasteiger partial charge in [0.1, 0.15) is 17.2 Å². The van der Waals surface area contributed by atoms with Gasteiger partial charge in [0.25, 0.3) is 17.5 Å². The first-order valence-electron chi connectivity index (χ1n) is 13.2. The summed E-state index contributed by atoms with van der Waals surface area (Å²) in [4.78, 5) is 50.2. The third-order valence-electron chi connectivity index (χ3n) is 6.17. The van der Waals surface area contributed by atoms with Crippen LogP contribution in [-0.2, 0) is 9.59 Å². The molecule has 11 nitrogen and oxygen atoms in total. The van der Waals surface area contributed by atoms with Crippen LogP contribution >= 0.6 is 11.8 Å². The van der Waals surface area contributed by atoms with E-state index in [1.54, 1.807) is 67.6 Å². The van der Waals surface area contributed by atoms with Crippen molar-refractivity contribution in [1.82, 2.24) is 5.32 Å². The Balaban J connectivity index is 1.50. The minimum atomic E-state index is -0.615. The van der Waals surface area contributed by atoms with Crippen molar-refractivity contribution in [2.45, 2.75) is 17.1 Å². The SMILES string of the molecule is COc1cc(O)ccc1/C=C(/NC(=O)c1ccccc1)C(=O)Nc1cccc(SC(C)C(=O)Nc2ccc([N+](=O)[O-])cc2)c1. The van der Waals surface area contributed by atoms with Crippen LogP contribution in [0.5, 0.6) is 11.5 Å². The highest BCUT2D eigenvalue weighted by molar-refractivity contribution is 8.00. The largest absolute Gasteiger partial charge is 0.508 e. The number of carbonyl (C=O) groups is 3. The van der Waals surface area contributed by atoms with Crippen molar-refractivity contribution in [2.75, 3.05) is 17.7 Å². The number of aromatic hydroxyl groups is 1. The maximum Gasteiger partial charge on any atom is 0.272 e. The number of methoxy groups -OCH3 is 1. The molecule has 44 heavy (non-hydrogen) atoms. The van der Waals surface area contributed by atoms with E-state index in [1.807, 2.05) is 0 Å². The van der Waals surface area contributed by atoms with E-state index < -0.39 is 22.0 Å². The van der Waals surface area contributed by atoms with Gasteiger partial charge in [0.2, 0.25) is 5.91 Å². The van der Waals surface area contributed by atoms with Crippen LogP contribution in [0.2, 0.25) is 0 Å². The van der Waals surface area contributed by atoms with Crippen molar-refractivity contribution >= 4 is 52.6 Å². The number of anilines is 2. The lowest BCUT2D eigenvalue weighted by atomic mass is 10.1. The van der Waals surface area contributed by atoms with Gasteiger partial charge < -0.3 is 25.8 Å². The molecule has 0 aromatic heterocycles. The molecule has 224 valence electrons. The number of thioether (sulfide) groups is 1. The number of nitro groups is 1. The normalized spacial score (nSPS) is 11.6. The maximum absolute atomic E-state index is 13.5. The second-order valence-electron chi connectivity index (χ2n) is 9.34. The standard InChI is InChI=1S/C32H28N4O7S/c1-20(30(38)33-23-12-14-25(15-13-23)36(41)42)44-27-10-6-9-24(18-27)34-32(40)28(35-31(39)21-7-4-3-5-8-21)17-22-11-16-26(37)19-29(22)43-2/h3-20,37H,1-2H3,(H,33,38)(H,34,40)(H,35,39)/b28-17+. The average Bonchev–Trinajstić information content (AvgIpc) is 3.02. The summed E-state index contributed by atoms with van der Waals surface area (Å²) in [5.74, 6) is -1.15. The van der Waals surface area contributed by atoms with E-state index in [2.05, 4.69) is 16.0 Å². The van der Waals surface area contributed by atoms with Crippen LogP contribution in [0.25, 0.3) is 6.08 Å². The zero-order valence-electron chi connectivity index (χ0n) is 23.6. The van der Waals surface area contributed by atoms with Crippen LogP contribution in [0, 0.1) is 10.1 Å². The van der Waals surface area contributed by atoms with Crippen LogP contribution in [0.1, 0.15) is 22.8 Å². The summed E-state index contributed by atoms with van der Waals surface area (Å²) in [6.45, 7) is 1.71. The van der Waals surface area contributed by atoms with Crippen molar-refractivity contribution in [3.8, 4) is 11.5 Å². The van der Waals surface area contributed by atoms with Gasteiger partial charge in [0, 0.05) is 45.6 Å². The molecule has 3 amide bonds. The number of hydrogen-bond donors (Lipinski definition) is 4. The Labute approximate surface area is 257 Å². The molecule has 4 N–H and O–H groups in total. The van der Waals surface area contributed by atoms with Gasteiger partial charge in [0.05, 0.1) is 17.3 Å². The molecule has 12 heteroatoms. The predicted molar refractivity (Wildman–Crippen MR) is 169 cm³/mol. The smallest absolute Gasteiger partial charge is 0.272 e. The van der Waals surface area contributed by atoms with E-state index in [4.69, 9.17) is 4.74 Å². The molecular weight excluding hydrogens is 584 g/mol. The highest BCUT2D eigenvalue weighted by atomic mass is 32.2. The number of carbonyl (C=O) groups excluding carboxylic acids is 3. The van der Waals surface area contributed by atoms with Crippen molar-refractivity contribution < 1.29 is 29.2 Å². The van der Waals surface area contributed by atoms with Crippen LogP contribution in [-0.4, -0.2) is 40.1 Å². The van der Waals surface area contributed by atoms with E-state index >= 15 is 0 Å². The summed E-state index contributed by atoms with van der Waals surface area (Å²) >= 11 is 1.25. The van der Waals surface area contributed by atoms with E-state index in [0.717, 1.165) is 0 Å². The van der Waals surface area contributed by atoms with Crippen molar-refractivity contribution in [3.05, 3.63) is 124 Å². The van der Waals surface area contributed by atoms with E-state index in [1.165, 1.54) is 61.3 Å². The first kappa shape index (κ1) is 31.3. The minimum absolute atomic E-state index is 0.0247. The molecule has 4 aromatic rings. The van der Waals surface area contributed by atoms with Gasteiger partial charge in [-0.05, 0) is 67.6 Å². The van der Waals surface area contributed by atoms with Gasteiger partial charge >= 0.3 is 0 Å². The van der Waals surface area contributed by atoms with Crippen molar-refractivity contribution in [2.24, 2.45) is 0 Å². The Kier molecular flexibility index (Phi) is 10.3. The number of nitrogens with zero attached hydrogens (tertiary/aromatic N) is 1. The Morgan fingerprint density at radius 2 is 1.64 bits per heavy atom. The van der Waals surface area contributed by atoms with Crippen LogP contribution in [0.4, 0.5) is 17.1 Å². The molecule has 0 bridgehead atoms. The number of rotatable bonds is 11. The zero-order valence-corrected chi connectivity index (χ0v) is 24.5. The van der Waals surface area contributed by atoms with Crippen LogP contribution in [0.3, 0.4) is 0 Å². The molecule has 0 saturated heterocycles. The monoisotopic (exact) mass is 612 g/mol. The fraction of sp³-hybridized carbons (Fsp3) is 0.0938. The molecule has 0 heterocycles. The zero-order chi connectivity index (χ0) is 31.6. The first-order valence-corrected chi connectivity index (χ1v) is 14.1. The fourth-order valence-corrected chi connectivity index (χ4v) is 4.86. The molecule has 1 unspecified atom stereocenters. The van der Waals surface area contributed by atoms with E-state index in [9.17, 15) is 29.6 Å². The molecule has 0 aliphatic heterocycles. The second kappa shape index (κ2) is 14.5. The fourth-order valence-electron chi connectivity index (χ4n) is 3.93. The maximum atomic E-state index is 13.5. The number of nitrogens with one attached hydrogen (secondary N) is 3. The Morgan fingerprint density at radius 1 is 0.909 bits per heavy atom. The van der Waals surface area contributed by atoms with Crippen LogP contribution < -0.4 is 20.7 Å². The number of phenols is 1. The molecule has 4 rings (SSSR count). The second-order valence-corrected chi connectivity index (χ2v) is 10.8. The van der Waals surface area contributed by atoms with Crippen molar-refractivity contribution in [3.63, 3.8) is 0 Å². The molecule has 0 radical (unpaired) electrons. The summed E-state index contributed by atoms with van der Waals surface area (Å²) in [5, 5.41) is 28.3. The van der Waals surface area contributed by atoms with E-state index in [-0.39, 0.29) is 23.0 Å². The molecule has 1 atom stereocenters. The Hall–Kier alpha value is -5.62. The van der Waals surface area contributed by atoms with Gasteiger partial charge in [-0.15, -0.1) is 11.8 Å². The summed E-state index contributed by atoms with van der Waals surface area (Å²) < 4.78 is 5.33. The summed E-state index contributed by atoms with van der Waals surface area (Å²) in [6, 6.07) is 25.2. The molecule has 0 fully saturated rings.